The van der Waals surface area contributed by atoms with Gasteiger partial charge in [-0.05, 0) is 55.7 Å². The molecule has 1 aliphatic heterocycles. The summed E-state index contributed by atoms with van der Waals surface area (Å²) < 4.78 is 0. The molecule has 0 bridgehead atoms. The summed E-state index contributed by atoms with van der Waals surface area (Å²) in [7, 11) is 1.17. The van der Waals surface area contributed by atoms with Crippen LogP contribution in [0.5, 0.6) is 5.75 Å². The number of primary amides is 1. The molecule has 5 rings (SSSR count). The van der Waals surface area contributed by atoms with Crippen LogP contribution >= 0.6 is 0 Å². The maximum absolute atomic E-state index is 13.7. The van der Waals surface area contributed by atoms with E-state index in [-0.39, 0.29) is 35.4 Å². The summed E-state index contributed by atoms with van der Waals surface area (Å²) in [6, 6.07) is 3.24. The number of amides is 1. The number of carbonyl (C=O) groups is 3. The summed E-state index contributed by atoms with van der Waals surface area (Å²) in [5.74, 6) is -7.47. The normalized spacial score (nSPS) is 29.2. The molecule has 1 saturated heterocycles. The molecule has 0 unspecified atom stereocenters. The number of aliphatic hydroxyl groups excluding tert-OH is 2. The number of allylic oxidation sites excluding steroid dienone is 1. The number of phenols is 1. The number of aliphatic hydroxyl groups is 3. The fourth-order valence-electron chi connectivity index (χ4n) is 6.11. The predicted octanol–water partition coefficient (Wildman–Crippen LogP) is 1.03. The van der Waals surface area contributed by atoms with Crippen LogP contribution in [0.25, 0.3) is 5.76 Å². The highest BCUT2D eigenvalue weighted by atomic mass is 16.6. The number of fused-ring (bicyclic) bond motifs is 3. The van der Waals surface area contributed by atoms with Crippen LogP contribution in [-0.4, -0.2) is 69.4 Å². The van der Waals surface area contributed by atoms with Crippen molar-refractivity contribution in [3.8, 4) is 5.75 Å². The maximum atomic E-state index is 13.7. The van der Waals surface area contributed by atoms with Crippen LogP contribution in [0.3, 0.4) is 0 Å². The number of ketones is 2. The fraction of sp³-hybridized carbons (Fsp3) is 0.440. The molecule has 1 aromatic carbocycles. The highest BCUT2D eigenvalue weighted by molar-refractivity contribution is 6.38. The Morgan fingerprint density at radius 2 is 1.81 bits per heavy atom. The Balaban J connectivity index is 1.69. The van der Waals surface area contributed by atoms with Crippen molar-refractivity contribution in [3.63, 3.8) is 0 Å². The van der Waals surface area contributed by atoms with Gasteiger partial charge in [0.15, 0.2) is 11.4 Å². The second kappa shape index (κ2) is 8.37. The quantitative estimate of drug-likeness (QED) is 0.231. The fourth-order valence-corrected chi connectivity index (χ4v) is 6.11. The van der Waals surface area contributed by atoms with E-state index in [2.05, 4.69) is 10.1 Å². The molecule has 1 amide bonds. The van der Waals surface area contributed by atoms with Gasteiger partial charge < -0.3 is 35.9 Å². The van der Waals surface area contributed by atoms with Crippen LogP contribution in [0.2, 0.25) is 0 Å². The molecule has 11 nitrogen and oxygen atoms in total. The van der Waals surface area contributed by atoms with Gasteiger partial charge in [-0.15, -0.1) is 0 Å². The van der Waals surface area contributed by atoms with E-state index in [1.54, 1.807) is 6.07 Å². The van der Waals surface area contributed by atoms with Gasteiger partial charge in [-0.25, -0.2) is 0 Å². The van der Waals surface area contributed by atoms with Gasteiger partial charge in [0, 0.05) is 24.4 Å². The monoisotopic (exact) mass is 497 g/mol. The number of oxime groups is 1. The van der Waals surface area contributed by atoms with Gasteiger partial charge in [-0.3, -0.25) is 14.4 Å². The average Bonchev–Trinajstić information content (AvgIpc) is 2.84. The van der Waals surface area contributed by atoms with E-state index in [0.29, 0.717) is 5.56 Å². The number of hydrogen-bond donors (Lipinski definition) is 5. The van der Waals surface area contributed by atoms with E-state index in [4.69, 9.17) is 10.6 Å². The number of nitrogens with zero attached hydrogens (tertiary/aromatic N) is 2. The minimum Gasteiger partial charge on any atom is -0.507 e. The average molecular weight is 498 g/mol. The molecule has 4 aliphatic rings. The molecule has 11 heteroatoms. The molecule has 190 valence electrons. The van der Waals surface area contributed by atoms with Crippen molar-refractivity contribution in [2.24, 2.45) is 22.7 Å². The third-order valence-corrected chi connectivity index (χ3v) is 7.75. The molecule has 0 aromatic heterocycles. The zero-order chi connectivity index (χ0) is 25.9. The molecule has 2 fully saturated rings. The van der Waals surface area contributed by atoms with E-state index >= 15 is 0 Å². The summed E-state index contributed by atoms with van der Waals surface area (Å²) in [6.45, 7) is 1.63. The third-order valence-electron chi connectivity index (χ3n) is 7.75. The van der Waals surface area contributed by atoms with E-state index in [1.165, 1.54) is 13.2 Å². The summed E-state index contributed by atoms with van der Waals surface area (Å²) >= 11 is 0. The number of carbonyl (C=O) groups excluding carboxylic acids is 3. The first kappa shape index (κ1) is 23.9. The van der Waals surface area contributed by atoms with Crippen molar-refractivity contribution in [2.75, 3.05) is 25.1 Å². The van der Waals surface area contributed by atoms with E-state index in [9.17, 15) is 34.8 Å². The van der Waals surface area contributed by atoms with Crippen LogP contribution in [0.15, 0.2) is 34.2 Å². The van der Waals surface area contributed by atoms with Gasteiger partial charge in [0.05, 0.1) is 11.5 Å². The third kappa shape index (κ3) is 3.15. The number of Topliss-reactive ketones (excluding diaryl/α,β-unsaturated/α-hetero) is 2. The molecule has 1 aromatic rings. The number of piperidine rings is 1. The Morgan fingerprint density at radius 3 is 2.44 bits per heavy atom. The highest BCUT2D eigenvalue weighted by Crippen LogP contribution is 2.52. The first-order chi connectivity index (χ1) is 17.1. The minimum absolute atomic E-state index is 0.0692. The van der Waals surface area contributed by atoms with Crippen molar-refractivity contribution in [3.05, 3.63) is 40.2 Å². The Labute approximate surface area is 206 Å². The largest absolute Gasteiger partial charge is 0.507 e. The molecule has 3 atom stereocenters. The van der Waals surface area contributed by atoms with Crippen LogP contribution in [0.1, 0.15) is 36.8 Å². The Hall–Kier alpha value is -3.86. The summed E-state index contributed by atoms with van der Waals surface area (Å²) in [5.41, 5.74) is 2.47. The molecule has 0 spiro atoms. The van der Waals surface area contributed by atoms with Gasteiger partial charge >= 0.3 is 0 Å². The lowest BCUT2D eigenvalue weighted by Crippen LogP contribution is -2.64. The smallest absolute Gasteiger partial charge is 0.256 e. The molecule has 1 saturated carbocycles. The Bertz CT molecular complexity index is 1290. The second-order valence-electron chi connectivity index (χ2n) is 9.63. The molecule has 3 aliphatic carbocycles. The summed E-state index contributed by atoms with van der Waals surface area (Å²) in [4.78, 5) is 45.9. The first-order valence-corrected chi connectivity index (χ1v) is 11.8. The van der Waals surface area contributed by atoms with E-state index in [1.807, 2.05) is 0 Å². The number of phenolic OH excluding ortho intramolecular Hbond substituents is 1. The van der Waals surface area contributed by atoms with Gasteiger partial charge in [-0.2, -0.15) is 0 Å². The van der Waals surface area contributed by atoms with Gasteiger partial charge in [0.2, 0.25) is 11.6 Å². The van der Waals surface area contributed by atoms with Crippen LogP contribution in [0.4, 0.5) is 5.69 Å². The Kier molecular flexibility index (Phi) is 5.55. The number of aromatic hydroxyl groups is 1. The number of benzene rings is 1. The molecule has 36 heavy (non-hydrogen) atoms. The van der Waals surface area contributed by atoms with Crippen molar-refractivity contribution in [1.82, 2.24) is 0 Å². The minimum atomic E-state index is -2.84. The van der Waals surface area contributed by atoms with Crippen LogP contribution in [-0.2, 0) is 25.6 Å². The van der Waals surface area contributed by atoms with Crippen LogP contribution < -0.4 is 10.6 Å². The first-order valence-electron chi connectivity index (χ1n) is 11.8. The van der Waals surface area contributed by atoms with Crippen LogP contribution in [0, 0.1) is 11.8 Å². The standard InChI is InChI=1S/C25H27N3O8/c1-36-27-19-13-10-11-9-12-14(28-7-3-2-4-8-28)5-6-15(29)17(12)20(30)16(11)22(32)25(13,35)23(33)18(21(19)31)24(26)34/h5-6,11,13,29-31,35H,2-4,7-10H2,1H3,(H2,26,34)/b27-19-/t11-,13-,25-/m0/s1. The summed E-state index contributed by atoms with van der Waals surface area (Å²) in [6.07, 6.45) is 3.29. The summed E-state index contributed by atoms with van der Waals surface area (Å²) in [5, 5.41) is 47.7. The topological polar surface area (TPSA) is 183 Å². The zero-order valence-corrected chi connectivity index (χ0v) is 19.7. The molecule has 1 heterocycles. The lowest BCUT2D eigenvalue weighted by molar-refractivity contribution is -0.153. The zero-order valence-electron chi connectivity index (χ0n) is 19.7. The number of anilines is 1. The van der Waals surface area contributed by atoms with Crippen molar-refractivity contribution in [2.45, 2.75) is 37.7 Å². The van der Waals surface area contributed by atoms with Gasteiger partial charge in [0.1, 0.15) is 29.9 Å². The highest BCUT2D eigenvalue weighted by Gasteiger charge is 2.64. The Morgan fingerprint density at radius 1 is 1.11 bits per heavy atom. The maximum Gasteiger partial charge on any atom is 0.256 e. The van der Waals surface area contributed by atoms with Gasteiger partial charge in [0.25, 0.3) is 5.91 Å². The molecular weight excluding hydrogens is 470 g/mol. The lowest BCUT2D eigenvalue weighted by atomic mass is 9.58. The van der Waals surface area contributed by atoms with E-state index in [0.717, 1.165) is 38.0 Å². The predicted molar refractivity (Wildman–Crippen MR) is 127 cm³/mol. The van der Waals surface area contributed by atoms with Gasteiger partial charge in [-0.1, -0.05) is 5.16 Å². The second-order valence-corrected chi connectivity index (χ2v) is 9.63. The number of rotatable bonds is 3. The van der Waals surface area contributed by atoms with Crippen molar-refractivity contribution < 1.29 is 39.6 Å². The molecular formula is C25H27N3O8. The SMILES string of the molecule is CO/N=C1\C(O)=C(C(N)=O)C(=O)[C@@]2(O)C(=O)C3=C(O)c4c(O)ccc(N5CCCCC5)c4C[C@H]3C[C@@H]12. The number of hydrogen-bond acceptors (Lipinski definition) is 10. The molecule has 6 N–H and O–H groups in total. The molecule has 0 radical (unpaired) electrons. The van der Waals surface area contributed by atoms with E-state index < -0.39 is 52.0 Å². The van der Waals surface area contributed by atoms with Crippen molar-refractivity contribution >= 4 is 34.6 Å². The van der Waals surface area contributed by atoms with Crippen molar-refractivity contribution in [1.29, 1.82) is 0 Å². The number of nitrogens with two attached hydrogens (primary N) is 1. The lowest BCUT2D eigenvalue weighted by Gasteiger charge is -2.46.